The molecule has 1 aliphatic heterocycles. The number of hydrogen-bond acceptors (Lipinski definition) is 5. The highest BCUT2D eigenvalue weighted by Gasteiger charge is 2.32. The van der Waals surface area contributed by atoms with Gasteiger partial charge in [0.25, 0.3) is 11.8 Å². The molecule has 1 saturated heterocycles. The normalized spacial score (nSPS) is 14.4. The molecular weight excluding hydrogens is 405 g/mol. The monoisotopic (exact) mass is 425 g/mol. The summed E-state index contributed by atoms with van der Waals surface area (Å²) in [5.41, 5.74) is 1.16. The lowest BCUT2D eigenvalue weighted by Gasteiger charge is -2.12. The summed E-state index contributed by atoms with van der Waals surface area (Å²) in [6.45, 7) is 3.34. The number of nitrogens with one attached hydrogen (secondary N) is 2. The summed E-state index contributed by atoms with van der Waals surface area (Å²) in [6, 6.07) is 9.68. The van der Waals surface area contributed by atoms with Gasteiger partial charge in [-0.2, -0.15) is 0 Å². The van der Waals surface area contributed by atoms with Crippen LogP contribution in [0, 0.1) is 5.82 Å². The van der Waals surface area contributed by atoms with Crippen molar-refractivity contribution in [2.45, 2.75) is 0 Å². The van der Waals surface area contributed by atoms with Crippen molar-refractivity contribution in [3.63, 3.8) is 0 Å². The van der Waals surface area contributed by atoms with Crippen molar-refractivity contribution < 1.29 is 28.2 Å². The number of benzene rings is 2. The fraction of sp³-hybridized carbons (Fsp3) is 0.136. The maximum absolute atomic E-state index is 12.9. The van der Waals surface area contributed by atoms with Crippen molar-refractivity contribution >= 4 is 29.6 Å². The number of imide groups is 1. The van der Waals surface area contributed by atoms with Gasteiger partial charge in [0.15, 0.2) is 18.1 Å². The molecule has 0 saturated carbocycles. The van der Waals surface area contributed by atoms with Crippen molar-refractivity contribution in [1.82, 2.24) is 10.2 Å². The first-order chi connectivity index (χ1) is 14.9. The number of nitrogens with zero attached hydrogens (tertiary/aromatic N) is 1. The standard InChI is InChI=1S/C22H20FN3O5/c1-3-10-26-21(28)17(25-22(26)29)11-14-4-9-18(19(12-14)30-2)31-13-20(27)24-16-7-5-15(23)6-8-16/h3-9,11-12H,1,10,13H2,2H3,(H,24,27)(H,25,29)/b17-11+. The molecule has 160 valence electrons. The zero-order chi connectivity index (χ0) is 22.4. The van der Waals surface area contributed by atoms with Crippen molar-refractivity contribution in [3.8, 4) is 11.5 Å². The van der Waals surface area contributed by atoms with E-state index in [2.05, 4.69) is 17.2 Å². The van der Waals surface area contributed by atoms with Gasteiger partial charge in [-0.15, -0.1) is 6.58 Å². The minimum absolute atomic E-state index is 0.109. The van der Waals surface area contributed by atoms with Gasteiger partial charge in [0.2, 0.25) is 0 Å². The largest absolute Gasteiger partial charge is 0.493 e. The predicted molar refractivity (Wildman–Crippen MR) is 112 cm³/mol. The molecule has 0 aromatic heterocycles. The van der Waals surface area contributed by atoms with Crippen LogP contribution in [-0.4, -0.2) is 43.0 Å². The Labute approximate surface area is 177 Å². The topological polar surface area (TPSA) is 97.0 Å². The lowest BCUT2D eigenvalue weighted by Crippen LogP contribution is -2.30. The van der Waals surface area contributed by atoms with Crippen LogP contribution in [-0.2, 0) is 9.59 Å². The van der Waals surface area contributed by atoms with E-state index in [0.717, 1.165) is 4.90 Å². The number of rotatable bonds is 8. The van der Waals surface area contributed by atoms with E-state index in [0.29, 0.717) is 22.7 Å². The molecule has 2 aromatic rings. The molecule has 4 amide bonds. The first kappa shape index (κ1) is 21.6. The number of anilines is 1. The Morgan fingerprint density at radius 2 is 1.94 bits per heavy atom. The number of carbonyl (C=O) groups excluding carboxylic acids is 3. The van der Waals surface area contributed by atoms with Crippen LogP contribution in [0.1, 0.15) is 5.56 Å². The van der Waals surface area contributed by atoms with Gasteiger partial charge in [0.05, 0.1) is 7.11 Å². The van der Waals surface area contributed by atoms with Gasteiger partial charge < -0.3 is 20.1 Å². The summed E-state index contributed by atoms with van der Waals surface area (Å²) in [6.07, 6.45) is 2.97. The third-order valence-electron chi connectivity index (χ3n) is 4.26. The molecule has 1 heterocycles. The molecule has 0 spiro atoms. The highest BCUT2D eigenvalue weighted by molar-refractivity contribution is 6.14. The van der Waals surface area contributed by atoms with Crippen LogP contribution in [0.3, 0.4) is 0 Å². The molecule has 8 nitrogen and oxygen atoms in total. The Morgan fingerprint density at radius 1 is 1.19 bits per heavy atom. The Kier molecular flexibility index (Phi) is 6.66. The van der Waals surface area contributed by atoms with Crippen molar-refractivity contribution in [3.05, 3.63) is 72.2 Å². The summed E-state index contributed by atoms with van der Waals surface area (Å²) >= 11 is 0. The van der Waals surface area contributed by atoms with Crippen LogP contribution in [0.15, 0.2) is 60.8 Å². The maximum atomic E-state index is 12.9. The highest BCUT2D eigenvalue weighted by atomic mass is 19.1. The first-order valence-corrected chi connectivity index (χ1v) is 9.23. The number of hydrogen-bond donors (Lipinski definition) is 2. The second-order valence-corrected chi connectivity index (χ2v) is 6.45. The Balaban J connectivity index is 1.66. The van der Waals surface area contributed by atoms with Crippen molar-refractivity contribution in [2.24, 2.45) is 0 Å². The van der Waals surface area contributed by atoms with Gasteiger partial charge in [0, 0.05) is 12.2 Å². The minimum atomic E-state index is -0.518. The van der Waals surface area contributed by atoms with Crippen LogP contribution in [0.4, 0.5) is 14.9 Å². The number of methoxy groups -OCH3 is 1. The molecule has 0 aliphatic carbocycles. The van der Waals surface area contributed by atoms with E-state index in [1.54, 1.807) is 18.2 Å². The maximum Gasteiger partial charge on any atom is 0.329 e. The first-order valence-electron chi connectivity index (χ1n) is 9.23. The Bertz CT molecular complexity index is 1050. The predicted octanol–water partition coefficient (Wildman–Crippen LogP) is 2.93. The van der Waals surface area contributed by atoms with E-state index in [-0.39, 0.29) is 18.8 Å². The van der Waals surface area contributed by atoms with E-state index in [9.17, 15) is 18.8 Å². The summed E-state index contributed by atoms with van der Waals surface area (Å²) in [5.74, 6) is -0.637. The van der Waals surface area contributed by atoms with E-state index >= 15 is 0 Å². The van der Waals surface area contributed by atoms with Crippen LogP contribution in [0.2, 0.25) is 0 Å². The molecule has 0 unspecified atom stereocenters. The number of ether oxygens (including phenoxy) is 2. The molecule has 9 heteroatoms. The average Bonchev–Trinajstić information content (AvgIpc) is 3.02. The van der Waals surface area contributed by atoms with Crippen LogP contribution in [0.5, 0.6) is 11.5 Å². The van der Waals surface area contributed by atoms with Crippen LogP contribution < -0.4 is 20.1 Å². The molecule has 2 aromatic carbocycles. The molecule has 0 atom stereocenters. The number of halogens is 1. The van der Waals surface area contributed by atoms with Gasteiger partial charge in [-0.3, -0.25) is 14.5 Å². The van der Waals surface area contributed by atoms with Gasteiger partial charge in [-0.25, -0.2) is 9.18 Å². The zero-order valence-electron chi connectivity index (χ0n) is 16.7. The zero-order valence-corrected chi connectivity index (χ0v) is 16.7. The summed E-state index contributed by atoms with van der Waals surface area (Å²) in [7, 11) is 1.44. The Morgan fingerprint density at radius 3 is 2.61 bits per heavy atom. The summed E-state index contributed by atoms with van der Waals surface area (Å²) in [5, 5.41) is 5.10. The fourth-order valence-corrected chi connectivity index (χ4v) is 2.80. The molecule has 1 aliphatic rings. The molecule has 0 bridgehead atoms. The van der Waals surface area contributed by atoms with E-state index in [4.69, 9.17) is 9.47 Å². The minimum Gasteiger partial charge on any atom is -0.493 e. The molecule has 3 rings (SSSR count). The molecule has 31 heavy (non-hydrogen) atoms. The smallest absolute Gasteiger partial charge is 0.329 e. The van der Waals surface area contributed by atoms with E-state index < -0.39 is 23.7 Å². The third kappa shape index (κ3) is 5.27. The lowest BCUT2D eigenvalue weighted by molar-refractivity contribution is -0.122. The van der Waals surface area contributed by atoms with Gasteiger partial charge in [0.1, 0.15) is 11.5 Å². The summed E-state index contributed by atoms with van der Waals surface area (Å²) < 4.78 is 23.7. The van der Waals surface area contributed by atoms with Crippen LogP contribution in [0.25, 0.3) is 6.08 Å². The van der Waals surface area contributed by atoms with Gasteiger partial charge in [-0.05, 0) is 48.0 Å². The molecule has 0 radical (unpaired) electrons. The number of urea groups is 1. The van der Waals surface area contributed by atoms with Crippen molar-refractivity contribution in [2.75, 3.05) is 25.6 Å². The van der Waals surface area contributed by atoms with E-state index in [1.807, 2.05) is 0 Å². The van der Waals surface area contributed by atoms with E-state index in [1.165, 1.54) is 43.5 Å². The molecular formula is C22H20FN3O5. The SMILES string of the molecule is C=CCN1C(=O)N/C(=C/c2ccc(OCC(=O)Nc3ccc(F)cc3)c(OC)c2)C1=O. The fourth-order valence-electron chi connectivity index (χ4n) is 2.80. The Hall–Kier alpha value is -4.14. The molecule has 1 fully saturated rings. The quantitative estimate of drug-likeness (QED) is 0.385. The summed E-state index contributed by atoms with van der Waals surface area (Å²) in [4.78, 5) is 37.2. The highest BCUT2D eigenvalue weighted by Crippen LogP contribution is 2.29. The lowest BCUT2D eigenvalue weighted by atomic mass is 10.1. The van der Waals surface area contributed by atoms with Crippen molar-refractivity contribution in [1.29, 1.82) is 0 Å². The third-order valence-corrected chi connectivity index (χ3v) is 4.26. The second kappa shape index (κ2) is 9.57. The number of amides is 4. The van der Waals surface area contributed by atoms with Gasteiger partial charge >= 0.3 is 6.03 Å². The van der Waals surface area contributed by atoms with Crippen LogP contribution >= 0.6 is 0 Å². The number of carbonyl (C=O) groups is 3. The average molecular weight is 425 g/mol. The molecule has 2 N–H and O–H groups in total. The van der Waals surface area contributed by atoms with Gasteiger partial charge in [-0.1, -0.05) is 12.1 Å². The second-order valence-electron chi connectivity index (χ2n) is 6.45.